The van der Waals surface area contributed by atoms with E-state index in [1.54, 1.807) is 16.4 Å². The largest absolute Gasteiger partial charge is 0.490 e. The van der Waals surface area contributed by atoms with Crippen LogP contribution in [0.2, 0.25) is 0 Å². The second-order valence-corrected chi connectivity index (χ2v) is 8.73. The van der Waals surface area contributed by atoms with Crippen molar-refractivity contribution in [2.75, 3.05) is 19.8 Å². The number of hydrogen-bond acceptors (Lipinski definition) is 4. The Morgan fingerprint density at radius 1 is 0.962 bits per heavy atom. The quantitative estimate of drug-likeness (QED) is 0.823. The molecule has 2 heterocycles. The fourth-order valence-electron chi connectivity index (χ4n) is 3.59. The first-order valence-electron chi connectivity index (χ1n) is 9.04. The van der Waals surface area contributed by atoms with Gasteiger partial charge in [0.15, 0.2) is 11.5 Å². The van der Waals surface area contributed by atoms with E-state index in [-0.39, 0.29) is 6.04 Å². The van der Waals surface area contributed by atoms with Crippen LogP contribution < -0.4 is 9.47 Å². The monoisotopic (exact) mass is 373 g/mol. The predicted molar refractivity (Wildman–Crippen MR) is 99.1 cm³/mol. The molecule has 6 heteroatoms. The molecule has 2 aromatic carbocycles. The van der Waals surface area contributed by atoms with Gasteiger partial charge in [-0.15, -0.1) is 0 Å². The van der Waals surface area contributed by atoms with Gasteiger partial charge in [-0.2, -0.15) is 4.31 Å². The number of aryl methyl sites for hydroxylation is 1. The summed E-state index contributed by atoms with van der Waals surface area (Å²) in [4.78, 5) is 0.351. The zero-order valence-corrected chi connectivity index (χ0v) is 15.7. The van der Waals surface area contributed by atoms with Crippen LogP contribution in [0.25, 0.3) is 0 Å². The summed E-state index contributed by atoms with van der Waals surface area (Å²) in [5.41, 5.74) is 2.01. The molecule has 0 unspecified atom stereocenters. The molecular formula is C20H23NO4S. The number of sulfonamides is 1. The van der Waals surface area contributed by atoms with Crippen LogP contribution in [-0.4, -0.2) is 32.5 Å². The first kappa shape index (κ1) is 17.4. The molecule has 0 radical (unpaired) electrons. The maximum atomic E-state index is 13.1. The summed E-state index contributed by atoms with van der Waals surface area (Å²) >= 11 is 0. The minimum absolute atomic E-state index is 0.168. The summed E-state index contributed by atoms with van der Waals surface area (Å²) in [5.74, 6) is 1.44. The van der Waals surface area contributed by atoms with E-state index >= 15 is 0 Å². The number of rotatable bonds is 3. The molecule has 2 aliphatic rings. The highest BCUT2D eigenvalue weighted by Gasteiger charge is 2.36. The van der Waals surface area contributed by atoms with E-state index in [0.29, 0.717) is 30.4 Å². The number of hydrogen-bond donors (Lipinski definition) is 0. The van der Waals surface area contributed by atoms with Gasteiger partial charge in [-0.3, -0.25) is 0 Å². The Labute approximate surface area is 154 Å². The van der Waals surface area contributed by atoms with E-state index < -0.39 is 10.0 Å². The molecular weight excluding hydrogens is 350 g/mol. The average molecular weight is 373 g/mol. The fraction of sp³-hybridized carbons (Fsp3) is 0.400. The van der Waals surface area contributed by atoms with Crippen LogP contribution in [-0.2, 0) is 10.0 Å². The van der Waals surface area contributed by atoms with E-state index in [2.05, 4.69) is 0 Å². The molecule has 0 amide bonds. The van der Waals surface area contributed by atoms with Crippen molar-refractivity contribution in [3.63, 3.8) is 0 Å². The maximum absolute atomic E-state index is 13.1. The second kappa shape index (κ2) is 6.93. The summed E-state index contributed by atoms with van der Waals surface area (Å²) in [6.45, 7) is 3.75. The molecule has 26 heavy (non-hydrogen) atoms. The molecule has 5 nitrogen and oxygen atoms in total. The molecule has 1 fully saturated rings. The van der Waals surface area contributed by atoms with Crippen molar-refractivity contribution >= 4 is 10.0 Å². The Hall–Kier alpha value is -2.05. The van der Waals surface area contributed by atoms with E-state index in [4.69, 9.17) is 9.47 Å². The van der Waals surface area contributed by atoms with Crippen molar-refractivity contribution in [1.82, 2.24) is 4.31 Å². The van der Waals surface area contributed by atoms with E-state index in [0.717, 1.165) is 36.1 Å². The number of benzene rings is 2. The lowest BCUT2D eigenvalue weighted by Gasteiger charge is -2.25. The van der Waals surface area contributed by atoms with Gasteiger partial charge in [0.25, 0.3) is 0 Å². The lowest BCUT2D eigenvalue weighted by atomic mass is 10.0. The molecule has 2 aromatic rings. The van der Waals surface area contributed by atoms with Crippen LogP contribution in [0.4, 0.5) is 0 Å². The molecule has 1 atom stereocenters. The standard InChI is InChI=1S/C20H23NO4S/c1-15-5-8-17(9-6-15)26(22,23)21-11-2-4-18(21)16-7-10-19-20(14-16)25-13-3-12-24-19/h5-10,14,18H,2-4,11-13H2,1H3/t18-/m0/s1. The molecule has 4 rings (SSSR count). The smallest absolute Gasteiger partial charge is 0.243 e. The number of ether oxygens (including phenoxy) is 2. The van der Waals surface area contributed by atoms with Gasteiger partial charge >= 0.3 is 0 Å². The third-order valence-electron chi connectivity index (χ3n) is 4.99. The van der Waals surface area contributed by atoms with Crippen molar-refractivity contribution in [3.8, 4) is 11.5 Å². The summed E-state index contributed by atoms with van der Waals surface area (Å²) in [6.07, 6.45) is 2.51. The van der Waals surface area contributed by atoms with Crippen molar-refractivity contribution in [2.24, 2.45) is 0 Å². The van der Waals surface area contributed by atoms with Crippen molar-refractivity contribution < 1.29 is 17.9 Å². The summed E-state index contributed by atoms with van der Waals surface area (Å²) in [6, 6.07) is 12.7. The van der Waals surface area contributed by atoms with Gasteiger partial charge in [0, 0.05) is 13.0 Å². The molecule has 0 aromatic heterocycles. The molecule has 0 spiro atoms. The van der Waals surface area contributed by atoms with E-state index in [1.165, 1.54) is 0 Å². The third kappa shape index (κ3) is 3.19. The minimum atomic E-state index is -3.52. The molecule has 0 saturated carbocycles. The molecule has 0 aliphatic carbocycles. The predicted octanol–water partition coefficient (Wildman–Crippen LogP) is 3.68. The van der Waals surface area contributed by atoms with Gasteiger partial charge < -0.3 is 9.47 Å². The van der Waals surface area contributed by atoms with Gasteiger partial charge in [0.2, 0.25) is 10.0 Å². The molecule has 138 valence electrons. The van der Waals surface area contributed by atoms with Gasteiger partial charge in [0.1, 0.15) is 0 Å². The first-order valence-corrected chi connectivity index (χ1v) is 10.5. The van der Waals surface area contributed by atoms with Crippen molar-refractivity contribution in [3.05, 3.63) is 53.6 Å². The fourth-order valence-corrected chi connectivity index (χ4v) is 5.28. The van der Waals surface area contributed by atoms with Crippen LogP contribution in [0.15, 0.2) is 47.4 Å². The Balaban J connectivity index is 1.66. The molecule has 0 N–H and O–H groups in total. The second-order valence-electron chi connectivity index (χ2n) is 6.84. The highest BCUT2D eigenvalue weighted by molar-refractivity contribution is 7.89. The average Bonchev–Trinajstić information content (AvgIpc) is 3.02. The van der Waals surface area contributed by atoms with Crippen LogP contribution in [0, 0.1) is 6.92 Å². The Morgan fingerprint density at radius 3 is 2.46 bits per heavy atom. The van der Waals surface area contributed by atoms with Gasteiger partial charge in [-0.05, 0) is 49.6 Å². The van der Waals surface area contributed by atoms with Crippen LogP contribution >= 0.6 is 0 Å². The Morgan fingerprint density at radius 2 is 1.69 bits per heavy atom. The Kier molecular flexibility index (Phi) is 4.63. The minimum Gasteiger partial charge on any atom is -0.490 e. The molecule has 1 saturated heterocycles. The molecule has 0 bridgehead atoms. The zero-order chi connectivity index (χ0) is 18.1. The lowest BCUT2D eigenvalue weighted by molar-refractivity contribution is 0.296. The third-order valence-corrected chi connectivity index (χ3v) is 6.91. The number of nitrogens with zero attached hydrogens (tertiary/aromatic N) is 1. The summed E-state index contributed by atoms with van der Waals surface area (Å²) in [5, 5.41) is 0. The van der Waals surface area contributed by atoms with Crippen LogP contribution in [0.1, 0.15) is 36.4 Å². The van der Waals surface area contributed by atoms with Crippen molar-refractivity contribution in [1.29, 1.82) is 0 Å². The maximum Gasteiger partial charge on any atom is 0.243 e. The zero-order valence-electron chi connectivity index (χ0n) is 14.8. The summed E-state index contributed by atoms with van der Waals surface area (Å²) < 4.78 is 39.4. The topological polar surface area (TPSA) is 55.8 Å². The first-order chi connectivity index (χ1) is 12.6. The van der Waals surface area contributed by atoms with Crippen molar-refractivity contribution in [2.45, 2.75) is 37.1 Å². The summed E-state index contributed by atoms with van der Waals surface area (Å²) in [7, 11) is -3.52. The van der Waals surface area contributed by atoms with Crippen LogP contribution in [0.5, 0.6) is 11.5 Å². The van der Waals surface area contributed by atoms with Gasteiger partial charge in [-0.1, -0.05) is 23.8 Å². The number of fused-ring (bicyclic) bond motifs is 1. The normalized spacial score (nSPS) is 20.7. The van der Waals surface area contributed by atoms with E-state index in [9.17, 15) is 8.42 Å². The molecule has 2 aliphatic heterocycles. The van der Waals surface area contributed by atoms with Crippen LogP contribution in [0.3, 0.4) is 0 Å². The van der Waals surface area contributed by atoms with E-state index in [1.807, 2.05) is 37.3 Å². The Bertz CT molecular complexity index is 893. The van der Waals surface area contributed by atoms with Gasteiger partial charge in [0.05, 0.1) is 24.2 Å². The SMILES string of the molecule is Cc1ccc(S(=O)(=O)N2CCC[C@H]2c2ccc3c(c2)OCCCO3)cc1. The lowest BCUT2D eigenvalue weighted by Crippen LogP contribution is -2.30. The highest BCUT2D eigenvalue weighted by atomic mass is 32.2. The highest BCUT2D eigenvalue weighted by Crippen LogP contribution is 2.40. The van der Waals surface area contributed by atoms with Gasteiger partial charge in [-0.25, -0.2) is 8.42 Å².